The molecule has 0 saturated heterocycles. The number of para-hydroxylation sites is 3. The van der Waals surface area contributed by atoms with Crippen LogP contribution in [0, 0.1) is 0 Å². The lowest BCUT2D eigenvalue weighted by Crippen LogP contribution is -1.82. The van der Waals surface area contributed by atoms with Crippen molar-refractivity contribution in [3.8, 4) is 5.75 Å². The molecular formula is C14H14N2O. The largest absolute Gasteiger partial charge is 0.506 e. The zero-order chi connectivity index (χ0) is 12.1. The van der Waals surface area contributed by atoms with Gasteiger partial charge in [0.05, 0.1) is 5.69 Å². The maximum absolute atomic E-state index is 8.79. The highest BCUT2D eigenvalue weighted by molar-refractivity contribution is 5.78. The van der Waals surface area contributed by atoms with E-state index >= 15 is 0 Å². The summed E-state index contributed by atoms with van der Waals surface area (Å²) in [5.74, 6) is 0.146. The van der Waals surface area contributed by atoms with Crippen molar-refractivity contribution < 1.29 is 5.11 Å². The average Bonchev–Trinajstić information content (AvgIpc) is 2.82. The van der Waals surface area contributed by atoms with Crippen LogP contribution in [0.2, 0.25) is 0 Å². The number of nitrogens with one attached hydrogen (secondary N) is 1. The van der Waals surface area contributed by atoms with Gasteiger partial charge in [0.15, 0.2) is 0 Å². The van der Waals surface area contributed by atoms with Crippen LogP contribution in [0.25, 0.3) is 10.9 Å². The van der Waals surface area contributed by atoms with Crippen molar-refractivity contribution in [3.63, 3.8) is 0 Å². The minimum Gasteiger partial charge on any atom is -0.506 e. The third-order valence-electron chi connectivity index (χ3n) is 2.40. The molecule has 17 heavy (non-hydrogen) atoms. The van der Waals surface area contributed by atoms with Crippen molar-refractivity contribution in [1.82, 2.24) is 4.98 Å². The molecule has 0 amide bonds. The summed E-state index contributed by atoms with van der Waals surface area (Å²) in [5, 5.41) is 10.1. The number of hydrogen-bond donors (Lipinski definition) is 3. The topological polar surface area (TPSA) is 62.0 Å². The highest BCUT2D eigenvalue weighted by atomic mass is 16.3. The molecule has 1 aromatic heterocycles. The Morgan fingerprint density at radius 2 is 1.59 bits per heavy atom. The van der Waals surface area contributed by atoms with E-state index in [1.165, 1.54) is 10.9 Å². The summed E-state index contributed by atoms with van der Waals surface area (Å²) >= 11 is 0. The fraction of sp³-hybridized carbons (Fsp3) is 0. The third kappa shape index (κ3) is 2.78. The molecule has 1 heterocycles. The van der Waals surface area contributed by atoms with Crippen LogP contribution in [0.1, 0.15) is 0 Å². The number of anilines is 1. The molecule has 3 heteroatoms. The standard InChI is InChI=1S/C8H7N.C6H7NO/c1-2-4-8-7(3-1)5-6-9-8;7-5-3-1-2-4-6(5)8/h1-6,9H;1-4,8H,7H2. The lowest BCUT2D eigenvalue weighted by atomic mass is 10.3. The lowest BCUT2D eigenvalue weighted by Gasteiger charge is -1.92. The van der Waals surface area contributed by atoms with E-state index in [4.69, 9.17) is 10.8 Å². The number of phenols is 1. The monoisotopic (exact) mass is 226 g/mol. The van der Waals surface area contributed by atoms with Crippen LogP contribution in [-0.2, 0) is 0 Å². The first-order valence-electron chi connectivity index (χ1n) is 5.33. The van der Waals surface area contributed by atoms with Crippen molar-refractivity contribution in [2.45, 2.75) is 0 Å². The second kappa shape index (κ2) is 5.07. The molecular weight excluding hydrogens is 212 g/mol. The quantitative estimate of drug-likeness (QED) is 0.407. The summed E-state index contributed by atoms with van der Waals surface area (Å²) in [5.41, 5.74) is 6.90. The van der Waals surface area contributed by atoms with Gasteiger partial charge in [-0.25, -0.2) is 0 Å². The first-order chi connectivity index (χ1) is 8.27. The minimum atomic E-state index is 0.146. The van der Waals surface area contributed by atoms with Crippen molar-refractivity contribution in [2.75, 3.05) is 5.73 Å². The van der Waals surface area contributed by atoms with Gasteiger partial charge in [0.1, 0.15) is 5.75 Å². The Labute approximate surface area is 99.5 Å². The maximum atomic E-state index is 8.79. The van der Waals surface area contributed by atoms with Gasteiger partial charge in [-0.05, 0) is 29.7 Å². The van der Waals surface area contributed by atoms with Gasteiger partial charge in [0.25, 0.3) is 0 Å². The van der Waals surface area contributed by atoms with E-state index in [0.29, 0.717) is 5.69 Å². The fourth-order valence-corrected chi connectivity index (χ4v) is 1.48. The van der Waals surface area contributed by atoms with Crippen LogP contribution in [0.15, 0.2) is 60.8 Å². The number of nitrogens with two attached hydrogens (primary N) is 1. The van der Waals surface area contributed by atoms with E-state index in [1.54, 1.807) is 24.3 Å². The van der Waals surface area contributed by atoms with Gasteiger partial charge in [0.2, 0.25) is 0 Å². The number of aromatic nitrogens is 1. The highest BCUT2D eigenvalue weighted by Crippen LogP contribution is 2.16. The van der Waals surface area contributed by atoms with Gasteiger partial charge in [-0.1, -0.05) is 30.3 Å². The van der Waals surface area contributed by atoms with Crippen molar-refractivity contribution >= 4 is 16.6 Å². The average molecular weight is 226 g/mol. The van der Waals surface area contributed by atoms with Crippen LogP contribution >= 0.6 is 0 Å². The fourth-order valence-electron chi connectivity index (χ4n) is 1.48. The molecule has 2 aromatic carbocycles. The maximum Gasteiger partial charge on any atom is 0.138 e. The number of aromatic hydroxyl groups is 1. The Bertz CT molecular complexity index is 550. The van der Waals surface area contributed by atoms with Crippen LogP contribution < -0.4 is 5.73 Å². The lowest BCUT2D eigenvalue weighted by molar-refractivity contribution is 0.478. The second-order valence-electron chi connectivity index (χ2n) is 3.62. The van der Waals surface area contributed by atoms with Gasteiger partial charge in [-0.15, -0.1) is 0 Å². The van der Waals surface area contributed by atoms with E-state index in [0.717, 1.165) is 0 Å². The van der Waals surface area contributed by atoms with Crippen LogP contribution in [0.4, 0.5) is 5.69 Å². The Morgan fingerprint density at radius 3 is 2.24 bits per heavy atom. The number of phenolic OH excluding ortho intramolecular Hbond substituents is 1. The second-order valence-corrected chi connectivity index (χ2v) is 3.62. The van der Waals surface area contributed by atoms with E-state index in [2.05, 4.69) is 23.2 Å². The SMILES string of the molecule is Nc1ccccc1O.c1ccc2[nH]ccc2c1. The summed E-state index contributed by atoms with van der Waals surface area (Å²) in [6.45, 7) is 0. The number of benzene rings is 2. The summed E-state index contributed by atoms with van der Waals surface area (Å²) in [4.78, 5) is 3.12. The summed E-state index contributed by atoms with van der Waals surface area (Å²) in [6.07, 6.45) is 1.95. The number of fused-ring (bicyclic) bond motifs is 1. The summed E-state index contributed by atoms with van der Waals surface area (Å²) in [7, 11) is 0. The zero-order valence-corrected chi connectivity index (χ0v) is 9.30. The van der Waals surface area contributed by atoms with Crippen molar-refractivity contribution in [1.29, 1.82) is 0 Å². The molecule has 0 radical (unpaired) electrons. The molecule has 0 spiro atoms. The van der Waals surface area contributed by atoms with Gasteiger partial charge in [0, 0.05) is 11.7 Å². The predicted molar refractivity (Wildman–Crippen MR) is 70.8 cm³/mol. The van der Waals surface area contributed by atoms with Crippen molar-refractivity contribution in [3.05, 3.63) is 60.8 Å². The molecule has 0 fully saturated rings. The molecule has 4 N–H and O–H groups in total. The van der Waals surface area contributed by atoms with E-state index in [-0.39, 0.29) is 5.75 Å². The predicted octanol–water partition coefficient (Wildman–Crippen LogP) is 3.14. The van der Waals surface area contributed by atoms with E-state index < -0.39 is 0 Å². The van der Waals surface area contributed by atoms with Gasteiger partial charge < -0.3 is 15.8 Å². The summed E-state index contributed by atoms with van der Waals surface area (Å²) in [6, 6.07) is 17.0. The normalized spacial score (nSPS) is 9.65. The first-order valence-corrected chi connectivity index (χ1v) is 5.33. The molecule has 0 aliphatic rings. The number of hydrogen-bond acceptors (Lipinski definition) is 2. The summed E-state index contributed by atoms with van der Waals surface area (Å²) < 4.78 is 0. The van der Waals surface area contributed by atoms with E-state index in [9.17, 15) is 0 Å². The minimum absolute atomic E-state index is 0.146. The zero-order valence-electron chi connectivity index (χ0n) is 9.30. The molecule has 86 valence electrons. The Hall–Kier alpha value is -2.42. The highest BCUT2D eigenvalue weighted by Gasteiger charge is 1.88. The molecule has 0 aliphatic carbocycles. The van der Waals surface area contributed by atoms with Gasteiger partial charge in [-0.3, -0.25) is 0 Å². The van der Waals surface area contributed by atoms with Crippen LogP contribution in [0.3, 0.4) is 0 Å². The smallest absolute Gasteiger partial charge is 0.138 e. The van der Waals surface area contributed by atoms with E-state index in [1.807, 2.05) is 18.3 Å². The molecule has 3 rings (SSSR count). The van der Waals surface area contributed by atoms with Crippen LogP contribution in [-0.4, -0.2) is 10.1 Å². The molecule has 0 saturated carbocycles. The number of H-pyrrole nitrogens is 1. The Morgan fingerprint density at radius 1 is 0.882 bits per heavy atom. The molecule has 0 aliphatic heterocycles. The molecule has 0 unspecified atom stereocenters. The molecule has 0 bridgehead atoms. The van der Waals surface area contributed by atoms with Crippen molar-refractivity contribution in [2.24, 2.45) is 0 Å². The van der Waals surface area contributed by atoms with Gasteiger partial charge >= 0.3 is 0 Å². The molecule has 0 atom stereocenters. The Kier molecular flexibility index (Phi) is 3.31. The van der Waals surface area contributed by atoms with Crippen LogP contribution in [0.5, 0.6) is 5.75 Å². The molecule has 3 nitrogen and oxygen atoms in total. The number of aromatic amines is 1. The van der Waals surface area contributed by atoms with Gasteiger partial charge in [-0.2, -0.15) is 0 Å². The third-order valence-corrected chi connectivity index (χ3v) is 2.40. The number of rotatable bonds is 0. The Balaban J connectivity index is 0.000000128. The first kappa shape index (κ1) is 11.1. The molecule has 3 aromatic rings. The number of nitrogen functional groups attached to an aromatic ring is 1.